The second-order valence-corrected chi connectivity index (χ2v) is 10.7. The van der Waals surface area contributed by atoms with Crippen molar-refractivity contribution in [3.8, 4) is 0 Å². The van der Waals surface area contributed by atoms with Gasteiger partial charge in [0, 0.05) is 5.02 Å². The van der Waals surface area contributed by atoms with Gasteiger partial charge in [-0.25, -0.2) is 4.79 Å². The van der Waals surface area contributed by atoms with Crippen LogP contribution in [-0.2, 0) is 19.1 Å². The number of hydrogen-bond donors (Lipinski definition) is 1. The number of fused-ring (bicyclic) bond motifs is 5. The van der Waals surface area contributed by atoms with E-state index in [0.29, 0.717) is 22.8 Å². The molecule has 0 radical (unpaired) electrons. The molecule has 6 atom stereocenters. The molecule has 182 valence electrons. The molecule has 0 aromatic heterocycles. The smallest absolute Gasteiger partial charge is 0.338 e. The van der Waals surface area contributed by atoms with Crippen molar-refractivity contribution >= 4 is 81.5 Å². The maximum atomic E-state index is 13.1. The van der Waals surface area contributed by atoms with E-state index in [1.807, 2.05) is 0 Å². The largest absolute Gasteiger partial charge is 0.452 e. The summed E-state index contributed by atoms with van der Waals surface area (Å²) in [6.45, 7) is -0.534. The molecule has 1 heterocycles. The zero-order valence-electron chi connectivity index (χ0n) is 17.9. The van der Waals surface area contributed by atoms with E-state index in [1.54, 1.807) is 6.07 Å². The number of carbonyl (C=O) groups is 4. The van der Waals surface area contributed by atoms with Crippen molar-refractivity contribution in [2.75, 3.05) is 16.8 Å². The Morgan fingerprint density at radius 1 is 0.943 bits per heavy atom. The molecule has 3 fully saturated rings. The average molecular weight is 556 g/mol. The van der Waals surface area contributed by atoms with Gasteiger partial charge in [-0.1, -0.05) is 23.2 Å². The highest BCUT2D eigenvalue weighted by Gasteiger charge is 2.66. The zero-order valence-corrected chi connectivity index (χ0v) is 20.9. The van der Waals surface area contributed by atoms with Crippen molar-refractivity contribution in [1.29, 1.82) is 0 Å². The molecule has 3 aliphatic rings. The summed E-state index contributed by atoms with van der Waals surface area (Å²) in [5.41, 5.74) is 0.852. The Labute approximate surface area is 220 Å². The molecule has 2 aliphatic carbocycles. The Balaban J connectivity index is 1.21. The minimum absolute atomic E-state index is 0.112. The first-order chi connectivity index (χ1) is 16.7. The van der Waals surface area contributed by atoms with Crippen molar-refractivity contribution in [1.82, 2.24) is 0 Å². The molecule has 5 rings (SSSR count). The van der Waals surface area contributed by atoms with Gasteiger partial charge in [-0.05, 0) is 60.7 Å². The number of alkyl halides is 2. The number of halogens is 4. The number of esters is 1. The first kappa shape index (κ1) is 24.4. The third kappa shape index (κ3) is 4.18. The van der Waals surface area contributed by atoms with Crippen LogP contribution in [0.3, 0.4) is 0 Å². The lowest BCUT2D eigenvalue weighted by Crippen LogP contribution is -2.37. The number of ether oxygens (including phenoxy) is 1. The molecule has 0 unspecified atom stereocenters. The van der Waals surface area contributed by atoms with Crippen LogP contribution < -0.4 is 10.2 Å². The maximum absolute atomic E-state index is 13.1. The molecular weight excluding hydrogens is 538 g/mol. The quantitative estimate of drug-likeness (QED) is 0.326. The number of hydrogen-bond acceptors (Lipinski definition) is 5. The minimum atomic E-state index is -0.738. The fourth-order valence-corrected chi connectivity index (χ4v) is 6.69. The summed E-state index contributed by atoms with van der Waals surface area (Å²) in [4.78, 5) is 51.8. The first-order valence-corrected chi connectivity index (χ1v) is 12.5. The third-order valence-corrected chi connectivity index (χ3v) is 8.75. The molecule has 1 aliphatic heterocycles. The normalized spacial score (nSPS) is 28.9. The standard InChI is InChI=1S/C24H18Cl4N2O5/c25-11-3-6-16(15(26)7-11)29-17(31)9-35-24(34)10-1-4-12(5-2-10)30-22(32)18-13-8-14(19(18)23(30)33)21(28)20(13)27/h1-7,13-14,18-21H,8-9H2,(H,29,31)/t13-,14-,18-,19+,20+,21+/m1/s1. The van der Waals surface area contributed by atoms with Gasteiger partial charge in [0.05, 0.1) is 44.6 Å². The molecule has 1 saturated heterocycles. The van der Waals surface area contributed by atoms with Gasteiger partial charge in [-0.15, -0.1) is 23.2 Å². The molecule has 7 nitrogen and oxygen atoms in total. The SMILES string of the molecule is O=C(COC(=O)c1ccc(N2C(=O)[C@@H]3[C@H]4C[C@@H]([C@H](Cl)[C@H]4Cl)[C@@H]3C2=O)cc1)Nc1ccc(Cl)cc1Cl. The van der Waals surface area contributed by atoms with Gasteiger partial charge < -0.3 is 10.1 Å². The number of carbonyl (C=O) groups excluding carboxylic acids is 4. The van der Waals surface area contributed by atoms with Gasteiger partial charge in [0.15, 0.2) is 6.61 Å². The van der Waals surface area contributed by atoms with E-state index in [9.17, 15) is 19.2 Å². The van der Waals surface area contributed by atoms with Crippen LogP contribution in [0.5, 0.6) is 0 Å². The van der Waals surface area contributed by atoms with E-state index in [2.05, 4.69) is 5.32 Å². The summed E-state index contributed by atoms with van der Waals surface area (Å²) < 4.78 is 5.06. The van der Waals surface area contributed by atoms with Gasteiger partial charge >= 0.3 is 5.97 Å². The summed E-state index contributed by atoms with van der Waals surface area (Å²) in [6.07, 6.45) is 0.686. The van der Waals surface area contributed by atoms with Crippen molar-refractivity contribution in [3.05, 3.63) is 58.1 Å². The third-order valence-electron chi connectivity index (χ3n) is 6.89. The second-order valence-electron chi connectivity index (χ2n) is 8.81. The summed E-state index contributed by atoms with van der Waals surface area (Å²) in [6, 6.07) is 10.4. The van der Waals surface area contributed by atoms with E-state index >= 15 is 0 Å². The van der Waals surface area contributed by atoms with Crippen LogP contribution in [0.25, 0.3) is 0 Å². The monoisotopic (exact) mass is 554 g/mol. The molecule has 1 N–H and O–H groups in total. The van der Waals surface area contributed by atoms with Crippen LogP contribution in [0, 0.1) is 23.7 Å². The van der Waals surface area contributed by atoms with Gasteiger partial charge in [0.25, 0.3) is 5.91 Å². The Morgan fingerprint density at radius 3 is 2.11 bits per heavy atom. The molecule has 35 heavy (non-hydrogen) atoms. The number of amides is 3. The van der Waals surface area contributed by atoms with E-state index < -0.39 is 30.3 Å². The summed E-state index contributed by atoms with van der Waals surface area (Å²) in [5, 5.41) is 2.54. The Morgan fingerprint density at radius 2 is 1.54 bits per heavy atom. The van der Waals surface area contributed by atoms with Gasteiger partial charge in [0.1, 0.15) is 0 Å². The predicted octanol–water partition coefficient (Wildman–Crippen LogP) is 4.76. The molecule has 11 heteroatoms. The molecule has 3 amide bonds. The zero-order chi connectivity index (χ0) is 25.0. The lowest BCUT2D eigenvalue weighted by Gasteiger charge is -2.28. The molecule has 2 bridgehead atoms. The highest BCUT2D eigenvalue weighted by atomic mass is 35.5. The van der Waals surface area contributed by atoms with E-state index in [-0.39, 0.29) is 45.0 Å². The van der Waals surface area contributed by atoms with E-state index in [0.717, 1.165) is 4.90 Å². The van der Waals surface area contributed by atoms with Crippen molar-refractivity contribution < 1.29 is 23.9 Å². The molecule has 0 spiro atoms. The highest BCUT2D eigenvalue weighted by molar-refractivity contribution is 6.36. The molecular formula is C24H18Cl4N2O5. The molecule has 2 aromatic rings. The fraction of sp³-hybridized carbons (Fsp3) is 0.333. The highest BCUT2D eigenvalue weighted by Crippen LogP contribution is 2.59. The lowest BCUT2D eigenvalue weighted by atomic mass is 9.80. The van der Waals surface area contributed by atoms with Gasteiger partial charge in [0.2, 0.25) is 11.8 Å². The van der Waals surface area contributed by atoms with Crippen molar-refractivity contribution in [2.24, 2.45) is 23.7 Å². The summed E-state index contributed by atoms with van der Waals surface area (Å²) >= 11 is 24.6. The average Bonchev–Trinajstić information content (AvgIpc) is 3.44. The van der Waals surface area contributed by atoms with Crippen LogP contribution in [0.15, 0.2) is 42.5 Å². The van der Waals surface area contributed by atoms with Gasteiger partial charge in [-0.2, -0.15) is 0 Å². The molecule has 2 saturated carbocycles. The predicted molar refractivity (Wildman–Crippen MR) is 132 cm³/mol. The summed E-state index contributed by atoms with van der Waals surface area (Å²) in [7, 11) is 0. The van der Waals surface area contributed by atoms with Crippen LogP contribution in [0.2, 0.25) is 10.0 Å². The Hall–Kier alpha value is -2.32. The fourth-order valence-electron chi connectivity index (χ4n) is 5.34. The maximum Gasteiger partial charge on any atom is 0.338 e. The number of rotatable bonds is 5. The number of nitrogens with one attached hydrogen (secondary N) is 1. The molecule has 2 aromatic carbocycles. The Bertz CT molecular complexity index is 1200. The van der Waals surface area contributed by atoms with Crippen LogP contribution in [0.4, 0.5) is 11.4 Å². The minimum Gasteiger partial charge on any atom is -0.452 e. The number of nitrogens with zero attached hydrogens (tertiary/aromatic N) is 1. The number of imide groups is 1. The Kier molecular flexibility index (Phi) is 6.46. The summed E-state index contributed by atoms with van der Waals surface area (Å²) in [5.74, 6) is -3.02. The van der Waals surface area contributed by atoms with Crippen LogP contribution in [-0.4, -0.2) is 41.1 Å². The lowest BCUT2D eigenvalue weighted by molar-refractivity contribution is -0.123. The van der Waals surface area contributed by atoms with E-state index in [1.165, 1.54) is 36.4 Å². The van der Waals surface area contributed by atoms with Crippen LogP contribution >= 0.6 is 46.4 Å². The second kappa shape index (κ2) is 9.28. The van der Waals surface area contributed by atoms with Crippen LogP contribution in [0.1, 0.15) is 16.8 Å². The van der Waals surface area contributed by atoms with Crippen molar-refractivity contribution in [3.63, 3.8) is 0 Å². The topological polar surface area (TPSA) is 92.8 Å². The number of benzene rings is 2. The van der Waals surface area contributed by atoms with Gasteiger partial charge in [-0.3, -0.25) is 19.3 Å². The van der Waals surface area contributed by atoms with Crippen molar-refractivity contribution in [2.45, 2.75) is 17.2 Å². The first-order valence-electron chi connectivity index (χ1n) is 10.9. The number of anilines is 2. The van der Waals surface area contributed by atoms with E-state index in [4.69, 9.17) is 51.1 Å².